The van der Waals surface area contributed by atoms with Gasteiger partial charge >= 0.3 is 0 Å². The van der Waals surface area contributed by atoms with E-state index in [1.165, 1.54) is 11.1 Å². The van der Waals surface area contributed by atoms with Crippen molar-refractivity contribution in [2.75, 3.05) is 0 Å². The van der Waals surface area contributed by atoms with Crippen molar-refractivity contribution in [3.63, 3.8) is 0 Å². The largest absolute Gasteiger partial charge is 0.485 e. The van der Waals surface area contributed by atoms with Gasteiger partial charge in [0.2, 0.25) is 11.7 Å². The fourth-order valence-electron chi connectivity index (χ4n) is 2.45. The predicted octanol–water partition coefficient (Wildman–Crippen LogP) is 2.29. The van der Waals surface area contributed by atoms with Gasteiger partial charge in [-0.2, -0.15) is 4.98 Å². The van der Waals surface area contributed by atoms with Crippen LogP contribution in [0.5, 0.6) is 5.75 Å². The zero-order valence-corrected chi connectivity index (χ0v) is 10.9. The van der Waals surface area contributed by atoms with Gasteiger partial charge in [0.25, 0.3) is 0 Å². The first-order chi connectivity index (χ1) is 9.22. The van der Waals surface area contributed by atoms with Crippen molar-refractivity contribution in [3.8, 4) is 5.75 Å². The summed E-state index contributed by atoms with van der Waals surface area (Å²) in [6, 6.07) is 6.24. The van der Waals surface area contributed by atoms with Gasteiger partial charge in [-0.3, -0.25) is 0 Å². The predicted molar refractivity (Wildman–Crippen MR) is 69.7 cm³/mol. The van der Waals surface area contributed by atoms with Crippen molar-refractivity contribution < 1.29 is 9.26 Å². The van der Waals surface area contributed by atoms with Crippen LogP contribution in [-0.2, 0) is 13.0 Å². The van der Waals surface area contributed by atoms with Gasteiger partial charge in [-0.15, -0.1) is 0 Å². The molecule has 1 aromatic carbocycles. The summed E-state index contributed by atoms with van der Waals surface area (Å²) in [5.41, 5.74) is 8.67. The lowest BCUT2D eigenvalue weighted by molar-refractivity contribution is 0.285. The number of fused-ring (bicyclic) bond motifs is 1. The Bertz CT molecular complexity index is 580. The van der Waals surface area contributed by atoms with Crippen LogP contribution in [0.2, 0.25) is 0 Å². The molecule has 1 aliphatic carbocycles. The maximum atomic E-state index is 6.13. The van der Waals surface area contributed by atoms with Crippen LogP contribution in [0.25, 0.3) is 0 Å². The monoisotopic (exact) mass is 259 g/mol. The first kappa shape index (κ1) is 12.2. The zero-order chi connectivity index (χ0) is 13.2. The van der Waals surface area contributed by atoms with Crippen LogP contribution in [0.1, 0.15) is 41.7 Å². The van der Waals surface area contributed by atoms with Gasteiger partial charge < -0.3 is 15.0 Å². The molecule has 5 heteroatoms. The quantitative estimate of drug-likeness (QED) is 0.915. The van der Waals surface area contributed by atoms with Gasteiger partial charge in [-0.25, -0.2) is 0 Å². The van der Waals surface area contributed by atoms with Crippen LogP contribution in [0.4, 0.5) is 0 Å². The smallest absolute Gasteiger partial charge is 0.223 e. The summed E-state index contributed by atoms with van der Waals surface area (Å²) in [5, 5.41) is 3.80. The average Bonchev–Trinajstić information content (AvgIpc) is 2.83. The van der Waals surface area contributed by atoms with Gasteiger partial charge in [0.05, 0.1) is 0 Å². The highest BCUT2D eigenvalue weighted by atomic mass is 16.5. The molecule has 0 unspecified atom stereocenters. The number of benzene rings is 1. The van der Waals surface area contributed by atoms with Gasteiger partial charge in [0, 0.05) is 13.0 Å². The molecular weight excluding hydrogens is 242 g/mol. The third-order valence-electron chi connectivity index (χ3n) is 3.42. The Kier molecular flexibility index (Phi) is 3.21. The Morgan fingerprint density at radius 1 is 1.47 bits per heavy atom. The fraction of sp³-hybridized carbons (Fsp3) is 0.429. The van der Waals surface area contributed by atoms with E-state index in [0.29, 0.717) is 18.3 Å². The maximum Gasteiger partial charge on any atom is 0.223 e. The second kappa shape index (κ2) is 5.01. The van der Waals surface area contributed by atoms with E-state index >= 15 is 0 Å². The molecule has 0 saturated carbocycles. The highest BCUT2D eigenvalue weighted by Gasteiger charge is 2.17. The van der Waals surface area contributed by atoms with E-state index < -0.39 is 0 Å². The van der Waals surface area contributed by atoms with E-state index in [2.05, 4.69) is 16.2 Å². The summed E-state index contributed by atoms with van der Waals surface area (Å²) >= 11 is 0. The second-order valence-corrected chi connectivity index (χ2v) is 4.88. The minimum Gasteiger partial charge on any atom is -0.485 e. The lowest BCUT2D eigenvalue weighted by Gasteiger charge is -2.22. The van der Waals surface area contributed by atoms with Crippen LogP contribution < -0.4 is 10.5 Å². The molecule has 0 spiro atoms. The molecule has 0 bridgehead atoms. The Hall–Kier alpha value is -1.88. The Labute approximate surface area is 111 Å². The number of rotatable bonds is 3. The third-order valence-corrected chi connectivity index (χ3v) is 3.42. The molecule has 3 rings (SSSR count). The Morgan fingerprint density at radius 2 is 2.37 bits per heavy atom. The highest BCUT2D eigenvalue weighted by molar-refractivity contribution is 5.39. The molecule has 0 saturated heterocycles. The highest BCUT2D eigenvalue weighted by Crippen LogP contribution is 2.30. The molecule has 1 aromatic heterocycles. The molecule has 1 aliphatic rings. The molecule has 2 aromatic rings. The van der Waals surface area contributed by atoms with Crippen molar-refractivity contribution in [3.05, 3.63) is 41.0 Å². The number of hydrogen-bond acceptors (Lipinski definition) is 5. The zero-order valence-electron chi connectivity index (χ0n) is 10.9. The van der Waals surface area contributed by atoms with E-state index in [1.54, 1.807) is 6.92 Å². The molecule has 0 radical (unpaired) electrons. The van der Waals surface area contributed by atoms with Crippen molar-refractivity contribution in [1.82, 2.24) is 10.1 Å². The van der Waals surface area contributed by atoms with Crippen molar-refractivity contribution in [2.24, 2.45) is 5.73 Å². The number of nitrogens with two attached hydrogens (primary N) is 1. The molecule has 0 amide bonds. The van der Waals surface area contributed by atoms with E-state index in [-0.39, 0.29) is 6.04 Å². The van der Waals surface area contributed by atoms with Gasteiger partial charge in [0.1, 0.15) is 5.75 Å². The minimum absolute atomic E-state index is 0.125. The summed E-state index contributed by atoms with van der Waals surface area (Å²) in [4.78, 5) is 4.10. The van der Waals surface area contributed by atoms with Crippen LogP contribution >= 0.6 is 0 Å². The standard InChI is InChI=1S/C14H17N3O2/c1-9-16-14(17-19-9)8-18-11-6-5-10-3-2-4-13(15)12(10)7-11/h5-7,13H,2-4,8,15H2,1H3/t13-/m0/s1. The number of aryl methyl sites for hydroxylation is 2. The van der Waals surface area contributed by atoms with Gasteiger partial charge in [-0.05, 0) is 42.5 Å². The maximum absolute atomic E-state index is 6.13. The normalized spacial score (nSPS) is 18.1. The Balaban J connectivity index is 1.73. The fourth-order valence-corrected chi connectivity index (χ4v) is 2.45. The first-order valence-corrected chi connectivity index (χ1v) is 6.53. The summed E-state index contributed by atoms with van der Waals surface area (Å²) < 4.78 is 10.6. The molecule has 100 valence electrons. The number of aromatic nitrogens is 2. The average molecular weight is 259 g/mol. The molecule has 0 aliphatic heterocycles. The molecule has 2 N–H and O–H groups in total. The van der Waals surface area contributed by atoms with Crippen LogP contribution in [0, 0.1) is 6.92 Å². The van der Waals surface area contributed by atoms with E-state index in [0.717, 1.165) is 25.0 Å². The summed E-state index contributed by atoms with van der Waals surface area (Å²) in [5.74, 6) is 1.91. The molecular formula is C14H17N3O2. The summed E-state index contributed by atoms with van der Waals surface area (Å²) in [6.07, 6.45) is 3.31. The summed E-state index contributed by atoms with van der Waals surface area (Å²) in [7, 11) is 0. The molecule has 19 heavy (non-hydrogen) atoms. The van der Waals surface area contributed by atoms with E-state index in [4.69, 9.17) is 15.0 Å². The van der Waals surface area contributed by atoms with E-state index in [1.807, 2.05) is 12.1 Å². The van der Waals surface area contributed by atoms with Crippen molar-refractivity contribution >= 4 is 0 Å². The van der Waals surface area contributed by atoms with Crippen LogP contribution in [0.3, 0.4) is 0 Å². The second-order valence-electron chi connectivity index (χ2n) is 4.88. The molecule has 0 fully saturated rings. The third kappa shape index (κ3) is 2.61. The van der Waals surface area contributed by atoms with Gasteiger partial charge in [-0.1, -0.05) is 11.2 Å². The van der Waals surface area contributed by atoms with Crippen LogP contribution in [0.15, 0.2) is 22.7 Å². The minimum atomic E-state index is 0.125. The first-order valence-electron chi connectivity index (χ1n) is 6.53. The number of ether oxygens (including phenoxy) is 1. The van der Waals surface area contributed by atoms with Crippen LogP contribution in [-0.4, -0.2) is 10.1 Å². The van der Waals surface area contributed by atoms with Crippen molar-refractivity contribution in [2.45, 2.75) is 38.8 Å². The summed E-state index contributed by atoms with van der Waals surface area (Å²) in [6.45, 7) is 2.07. The van der Waals surface area contributed by atoms with Gasteiger partial charge in [0.15, 0.2) is 6.61 Å². The lowest BCUT2D eigenvalue weighted by Crippen LogP contribution is -2.17. The molecule has 5 nitrogen and oxygen atoms in total. The number of hydrogen-bond donors (Lipinski definition) is 1. The molecule has 1 atom stereocenters. The topological polar surface area (TPSA) is 74.2 Å². The molecule has 1 heterocycles. The van der Waals surface area contributed by atoms with E-state index in [9.17, 15) is 0 Å². The lowest BCUT2D eigenvalue weighted by atomic mass is 9.88. The Morgan fingerprint density at radius 3 is 3.16 bits per heavy atom. The van der Waals surface area contributed by atoms with Crippen molar-refractivity contribution in [1.29, 1.82) is 0 Å². The SMILES string of the molecule is Cc1nc(COc2ccc3c(c2)[C@@H](N)CCC3)no1. The number of nitrogens with zero attached hydrogens (tertiary/aromatic N) is 2.